The molecule has 1 heterocycles. The maximum Gasteiger partial charge on any atom is 0.132 e. The van der Waals surface area contributed by atoms with Gasteiger partial charge in [-0.2, -0.15) is 0 Å². The fourth-order valence-corrected chi connectivity index (χ4v) is 0.575. The van der Waals surface area contributed by atoms with Crippen molar-refractivity contribution in [3.63, 3.8) is 0 Å². The van der Waals surface area contributed by atoms with Crippen LogP contribution in [0.4, 0.5) is 0 Å². The molecule has 0 aliphatic carbocycles. The largest absolute Gasteiger partial charge is 0.490 e. The number of ether oxygens (including phenoxy) is 1. The molecule has 0 spiro atoms. The zero-order chi connectivity index (χ0) is 5.98. The standard InChI is InChI=1S/C6H9NO/c1-5-6(2)8-4-3-7-5/h2-4H2,1H3. The van der Waals surface area contributed by atoms with Crippen molar-refractivity contribution in [1.29, 1.82) is 0 Å². The van der Waals surface area contributed by atoms with E-state index >= 15 is 0 Å². The van der Waals surface area contributed by atoms with E-state index in [0.717, 1.165) is 18.0 Å². The highest BCUT2D eigenvalue weighted by atomic mass is 16.5. The minimum absolute atomic E-state index is 0.691. The van der Waals surface area contributed by atoms with E-state index in [0.29, 0.717) is 6.61 Å². The van der Waals surface area contributed by atoms with Gasteiger partial charge in [0.2, 0.25) is 0 Å². The molecule has 1 aliphatic rings. The van der Waals surface area contributed by atoms with E-state index in [1.54, 1.807) is 0 Å². The van der Waals surface area contributed by atoms with Gasteiger partial charge in [-0.1, -0.05) is 6.58 Å². The quantitative estimate of drug-likeness (QED) is 0.457. The van der Waals surface area contributed by atoms with Gasteiger partial charge < -0.3 is 4.74 Å². The molecule has 1 aliphatic heterocycles. The second-order valence-corrected chi connectivity index (χ2v) is 1.74. The summed E-state index contributed by atoms with van der Waals surface area (Å²) in [5.74, 6) is 0.719. The van der Waals surface area contributed by atoms with Crippen LogP contribution in [0.2, 0.25) is 0 Å². The molecule has 0 radical (unpaired) electrons. The Morgan fingerprint density at radius 3 is 2.88 bits per heavy atom. The van der Waals surface area contributed by atoms with Crippen LogP contribution in [0.25, 0.3) is 0 Å². The van der Waals surface area contributed by atoms with Crippen LogP contribution < -0.4 is 0 Å². The van der Waals surface area contributed by atoms with Crippen molar-refractivity contribution in [1.82, 2.24) is 0 Å². The normalized spacial score (nSPS) is 19.6. The lowest BCUT2D eigenvalue weighted by Gasteiger charge is -2.11. The van der Waals surface area contributed by atoms with E-state index in [9.17, 15) is 0 Å². The van der Waals surface area contributed by atoms with E-state index < -0.39 is 0 Å². The molecule has 0 amide bonds. The Bertz CT molecular complexity index is 137. The third-order valence-corrected chi connectivity index (χ3v) is 1.12. The molecule has 44 valence electrons. The molecule has 2 nitrogen and oxygen atoms in total. The van der Waals surface area contributed by atoms with Gasteiger partial charge in [0.05, 0.1) is 12.3 Å². The maximum absolute atomic E-state index is 5.06. The molecule has 1 rings (SSSR count). The van der Waals surface area contributed by atoms with Crippen molar-refractivity contribution < 1.29 is 4.74 Å². The summed E-state index contributed by atoms with van der Waals surface area (Å²) >= 11 is 0. The van der Waals surface area contributed by atoms with Gasteiger partial charge in [0.1, 0.15) is 12.4 Å². The molecule has 0 fully saturated rings. The Morgan fingerprint density at radius 2 is 2.50 bits per heavy atom. The summed E-state index contributed by atoms with van der Waals surface area (Å²) in [5, 5.41) is 0. The lowest BCUT2D eigenvalue weighted by Crippen LogP contribution is -2.11. The van der Waals surface area contributed by atoms with Gasteiger partial charge in [0, 0.05) is 0 Å². The first-order valence-electron chi connectivity index (χ1n) is 2.64. The second-order valence-electron chi connectivity index (χ2n) is 1.74. The minimum atomic E-state index is 0.691. The van der Waals surface area contributed by atoms with Gasteiger partial charge in [-0.15, -0.1) is 0 Å². The van der Waals surface area contributed by atoms with E-state index in [1.807, 2.05) is 6.92 Å². The molecular weight excluding hydrogens is 102 g/mol. The lowest BCUT2D eigenvalue weighted by atomic mass is 10.3. The van der Waals surface area contributed by atoms with Crippen LogP contribution in [0.5, 0.6) is 0 Å². The lowest BCUT2D eigenvalue weighted by molar-refractivity contribution is 0.233. The van der Waals surface area contributed by atoms with Crippen molar-refractivity contribution >= 4 is 5.71 Å². The summed E-state index contributed by atoms with van der Waals surface area (Å²) in [6, 6.07) is 0. The Kier molecular flexibility index (Phi) is 1.33. The molecule has 0 N–H and O–H groups in total. The van der Waals surface area contributed by atoms with Gasteiger partial charge in [0.25, 0.3) is 0 Å². The zero-order valence-corrected chi connectivity index (χ0v) is 4.98. The fourth-order valence-electron chi connectivity index (χ4n) is 0.575. The van der Waals surface area contributed by atoms with Crippen LogP contribution in [0, 0.1) is 0 Å². The number of nitrogens with zero attached hydrogens (tertiary/aromatic N) is 1. The average Bonchev–Trinajstić information content (AvgIpc) is 1.77. The van der Waals surface area contributed by atoms with Gasteiger partial charge >= 0.3 is 0 Å². The van der Waals surface area contributed by atoms with Crippen LogP contribution >= 0.6 is 0 Å². The van der Waals surface area contributed by atoms with Crippen LogP contribution in [-0.4, -0.2) is 18.9 Å². The Morgan fingerprint density at radius 1 is 1.75 bits per heavy atom. The number of allylic oxidation sites excluding steroid dienone is 1. The summed E-state index contributed by atoms with van der Waals surface area (Å²) in [6.07, 6.45) is 0. The second kappa shape index (κ2) is 1.99. The smallest absolute Gasteiger partial charge is 0.132 e. The van der Waals surface area contributed by atoms with Gasteiger partial charge in [-0.25, -0.2) is 0 Å². The molecule has 0 unspecified atom stereocenters. The highest BCUT2D eigenvalue weighted by Crippen LogP contribution is 2.01. The summed E-state index contributed by atoms with van der Waals surface area (Å²) in [5.41, 5.74) is 0.927. The minimum Gasteiger partial charge on any atom is -0.490 e. The fraction of sp³-hybridized carbons (Fsp3) is 0.500. The summed E-state index contributed by atoms with van der Waals surface area (Å²) in [6.45, 7) is 7.02. The third kappa shape index (κ3) is 0.886. The molecule has 0 saturated carbocycles. The predicted molar refractivity (Wildman–Crippen MR) is 33.1 cm³/mol. The van der Waals surface area contributed by atoms with E-state index in [4.69, 9.17) is 4.74 Å². The molecule has 8 heavy (non-hydrogen) atoms. The third-order valence-electron chi connectivity index (χ3n) is 1.12. The Hall–Kier alpha value is -0.790. The van der Waals surface area contributed by atoms with Crippen LogP contribution in [0.3, 0.4) is 0 Å². The van der Waals surface area contributed by atoms with Crippen molar-refractivity contribution in [2.75, 3.05) is 13.2 Å². The molecule has 0 bridgehead atoms. The Labute approximate surface area is 48.9 Å². The summed E-state index contributed by atoms with van der Waals surface area (Å²) < 4.78 is 5.06. The van der Waals surface area contributed by atoms with Crippen LogP contribution in [0.15, 0.2) is 17.3 Å². The molecular formula is C6H9NO. The van der Waals surface area contributed by atoms with Gasteiger partial charge in [0.15, 0.2) is 0 Å². The summed E-state index contributed by atoms with van der Waals surface area (Å²) in [7, 11) is 0. The van der Waals surface area contributed by atoms with Crippen LogP contribution in [-0.2, 0) is 4.74 Å². The van der Waals surface area contributed by atoms with E-state index in [-0.39, 0.29) is 0 Å². The number of aliphatic imine (C=N–C) groups is 1. The molecule has 0 saturated heterocycles. The first-order chi connectivity index (χ1) is 3.80. The summed E-state index contributed by atoms with van der Waals surface area (Å²) in [4.78, 5) is 4.10. The molecule has 2 heteroatoms. The Balaban J connectivity index is 2.67. The number of rotatable bonds is 0. The average molecular weight is 111 g/mol. The predicted octanol–water partition coefficient (Wildman–Crippen LogP) is 0.991. The van der Waals surface area contributed by atoms with Crippen molar-refractivity contribution in [3.8, 4) is 0 Å². The van der Waals surface area contributed by atoms with Crippen molar-refractivity contribution in [2.24, 2.45) is 4.99 Å². The first kappa shape index (κ1) is 5.35. The number of hydrogen-bond acceptors (Lipinski definition) is 2. The maximum atomic E-state index is 5.06. The molecule has 0 aromatic rings. The van der Waals surface area contributed by atoms with Gasteiger partial charge in [-0.05, 0) is 6.92 Å². The zero-order valence-electron chi connectivity index (χ0n) is 4.98. The number of hydrogen-bond donors (Lipinski definition) is 0. The topological polar surface area (TPSA) is 21.6 Å². The highest BCUT2D eigenvalue weighted by molar-refractivity contribution is 5.96. The molecule has 0 aromatic heterocycles. The van der Waals surface area contributed by atoms with Gasteiger partial charge in [-0.3, -0.25) is 4.99 Å². The highest BCUT2D eigenvalue weighted by Gasteiger charge is 2.02. The SMILES string of the molecule is C=C1OCCN=C1C. The van der Waals surface area contributed by atoms with E-state index in [2.05, 4.69) is 11.6 Å². The first-order valence-corrected chi connectivity index (χ1v) is 2.64. The monoisotopic (exact) mass is 111 g/mol. The molecule has 0 aromatic carbocycles. The molecule has 0 atom stereocenters. The van der Waals surface area contributed by atoms with Crippen molar-refractivity contribution in [3.05, 3.63) is 12.3 Å². The van der Waals surface area contributed by atoms with Crippen LogP contribution in [0.1, 0.15) is 6.92 Å². The van der Waals surface area contributed by atoms with Crippen molar-refractivity contribution in [2.45, 2.75) is 6.92 Å². The van der Waals surface area contributed by atoms with E-state index in [1.165, 1.54) is 0 Å².